The van der Waals surface area contributed by atoms with E-state index in [0.29, 0.717) is 25.0 Å². The lowest BCUT2D eigenvalue weighted by Gasteiger charge is -2.34. The van der Waals surface area contributed by atoms with Crippen LogP contribution in [-0.4, -0.2) is 22.3 Å². The maximum absolute atomic E-state index is 13.9. The van der Waals surface area contributed by atoms with E-state index in [4.69, 9.17) is 24.4 Å². The number of benzene rings is 2. The molecule has 2 aromatic carbocycles. The molecule has 0 spiro atoms. The van der Waals surface area contributed by atoms with Crippen LogP contribution in [0.25, 0.3) is 0 Å². The predicted molar refractivity (Wildman–Crippen MR) is 117 cm³/mol. The minimum Gasteiger partial charge on any atom is -0.358 e. The monoisotopic (exact) mass is 528 g/mol. The molecule has 0 saturated heterocycles. The van der Waals surface area contributed by atoms with Gasteiger partial charge < -0.3 is 21.3 Å². The Hall–Kier alpha value is -2.74. The van der Waals surface area contributed by atoms with Gasteiger partial charge in [-0.2, -0.15) is 0 Å². The Kier molecular flexibility index (Phi) is 8.13. The smallest absolute Gasteiger partial charge is 0.199 e. The standard InChI is InChI=1S/C20H16F8N4S2/c21-7-5-11(15(25)17(27)13(7)23)31-19(33)29-9-3-1-2-4-10(9)30-20(34)32-12-6-8(22)14(24)18(28)16(12)26/h5-6,9-10H,1-4H2,(H2,29,31,33)(H2,30,32,34). The normalized spacial score (nSPS) is 17.8. The van der Waals surface area contributed by atoms with Gasteiger partial charge in [0.25, 0.3) is 0 Å². The minimum absolute atomic E-state index is 0.226. The Morgan fingerprint density at radius 3 is 1.29 bits per heavy atom. The highest BCUT2D eigenvalue weighted by molar-refractivity contribution is 7.80. The molecular weight excluding hydrogens is 512 g/mol. The van der Waals surface area contributed by atoms with Crippen LogP contribution in [0.4, 0.5) is 46.5 Å². The van der Waals surface area contributed by atoms with Gasteiger partial charge in [-0.15, -0.1) is 0 Å². The quantitative estimate of drug-likeness (QED) is 0.185. The molecule has 0 amide bonds. The molecule has 1 aliphatic rings. The maximum Gasteiger partial charge on any atom is 0.199 e. The van der Waals surface area contributed by atoms with Crippen molar-refractivity contribution in [3.8, 4) is 0 Å². The van der Waals surface area contributed by atoms with Gasteiger partial charge in [0.1, 0.15) is 0 Å². The van der Waals surface area contributed by atoms with Gasteiger partial charge in [-0.1, -0.05) is 12.8 Å². The van der Waals surface area contributed by atoms with Crippen LogP contribution in [0.15, 0.2) is 12.1 Å². The molecule has 184 valence electrons. The van der Waals surface area contributed by atoms with E-state index < -0.39 is 70.0 Å². The molecule has 0 aliphatic heterocycles. The summed E-state index contributed by atoms with van der Waals surface area (Å²) in [6, 6.07) is -0.101. The van der Waals surface area contributed by atoms with Gasteiger partial charge in [0.15, 0.2) is 56.8 Å². The summed E-state index contributed by atoms with van der Waals surface area (Å²) in [6.07, 6.45) is 2.53. The molecule has 14 heteroatoms. The van der Waals surface area contributed by atoms with E-state index in [-0.39, 0.29) is 10.2 Å². The summed E-state index contributed by atoms with van der Waals surface area (Å²) < 4.78 is 108. The number of thiocarbonyl (C=S) groups is 2. The Morgan fingerprint density at radius 1 is 0.588 bits per heavy atom. The Labute approximate surface area is 199 Å². The first kappa shape index (κ1) is 25.9. The molecule has 2 unspecified atom stereocenters. The van der Waals surface area contributed by atoms with E-state index in [1.165, 1.54) is 0 Å². The Morgan fingerprint density at radius 2 is 0.941 bits per heavy atom. The van der Waals surface area contributed by atoms with Crippen LogP contribution in [0.1, 0.15) is 25.7 Å². The Balaban J connectivity index is 1.66. The van der Waals surface area contributed by atoms with E-state index >= 15 is 0 Å². The second kappa shape index (κ2) is 10.7. The second-order valence-corrected chi connectivity index (χ2v) is 8.21. The van der Waals surface area contributed by atoms with Gasteiger partial charge in [0, 0.05) is 24.2 Å². The zero-order chi connectivity index (χ0) is 25.2. The number of halogens is 8. The van der Waals surface area contributed by atoms with Gasteiger partial charge in [-0.25, -0.2) is 35.1 Å². The van der Waals surface area contributed by atoms with Crippen LogP contribution in [0.2, 0.25) is 0 Å². The fourth-order valence-electron chi connectivity index (χ4n) is 3.46. The zero-order valence-corrected chi connectivity index (χ0v) is 18.6. The lowest BCUT2D eigenvalue weighted by atomic mass is 9.90. The lowest BCUT2D eigenvalue weighted by molar-refractivity contribution is 0.339. The van der Waals surface area contributed by atoms with Crippen molar-refractivity contribution in [3.05, 3.63) is 58.7 Å². The van der Waals surface area contributed by atoms with Crippen LogP contribution in [0.5, 0.6) is 0 Å². The summed E-state index contributed by atoms with van der Waals surface area (Å²) in [5.74, 6) is -14.5. The molecule has 4 nitrogen and oxygen atoms in total. The highest BCUT2D eigenvalue weighted by Gasteiger charge is 2.28. The van der Waals surface area contributed by atoms with Gasteiger partial charge in [-0.3, -0.25) is 0 Å². The molecular formula is C20H16F8N4S2. The third kappa shape index (κ3) is 5.66. The van der Waals surface area contributed by atoms with Crippen LogP contribution in [0, 0.1) is 46.5 Å². The lowest BCUT2D eigenvalue weighted by Crippen LogP contribution is -2.54. The van der Waals surface area contributed by atoms with E-state index in [9.17, 15) is 35.1 Å². The first-order valence-corrected chi connectivity index (χ1v) is 10.6. The molecule has 34 heavy (non-hydrogen) atoms. The summed E-state index contributed by atoms with van der Waals surface area (Å²) >= 11 is 10.1. The van der Waals surface area contributed by atoms with Crippen LogP contribution >= 0.6 is 24.4 Å². The predicted octanol–water partition coefficient (Wildman–Crippen LogP) is 5.38. The van der Waals surface area contributed by atoms with Crippen molar-refractivity contribution in [2.45, 2.75) is 37.8 Å². The van der Waals surface area contributed by atoms with Gasteiger partial charge in [0.05, 0.1) is 11.4 Å². The molecule has 0 aromatic heterocycles. The largest absolute Gasteiger partial charge is 0.358 e. The molecule has 4 N–H and O–H groups in total. The number of hydrogen-bond acceptors (Lipinski definition) is 2. The highest BCUT2D eigenvalue weighted by atomic mass is 32.1. The fourth-order valence-corrected chi connectivity index (χ4v) is 3.98. The summed E-state index contributed by atoms with van der Waals surface area (Å²) in [6.45, 7) is 0. The fraction of sp³-hybridized carbons (Fsp3) is 0.300. The van der Waals surface area contributed by atoms with Crippen LogP contribution < -0.4 is 21.3 Å². The molecule has 3 rings (SSSR count). The van der Waals surface area contributed by atoms with Crippen molar-refractivity contribution in [1.29, 1.82) is 0 Å². The van der Waals surface area contributed by atoms with Crippen molar-refractivity contribution in [2.24, 2.45) is 0 Å². The van der Waals surface area contributed by atoms with E-state index in [1.807, 2.05) is 0 Å². The first-order chi connectivity index (χ1) is 16.0. The molecule has 0 bridgehead atoms. The third-order valence-corrected chi connectivity index (χ3v) is 5.54. The van der Waals surface area contributed by atoms with Crippen molar-refractivity contribution in [2.75, 3.05) is 10.6 Å². The van der Waals surface area contributed by atoms with Crippen molar-refractivity contribution >= 4 is 46.0 Å². The van der Waals surface area contributed by atoms with E-state index in [0.717, 1.165) is 12.8 Å². The van der Waals surface area contributed by atoms with Crippen molar-refractivity contribution in [3.63, 3.8) is 0 Å². The number of hydrogen-bond donors (Lipinski definition) is 4. The molecule has 1 aliphatic carbocycles. The Bertz CT molecular complexity index is 1040. The average Bonchev–Trinajstić information content (AvgIpc) is 2.79. The molecule has 2 aromatic rings. The van der Waals surface area contributed by atoms with Gasteiger partial charge in [-0.05, 0) is 37.3 Å². The van der Waals surface area contributed by atoms with Crippen LogP contribution in [0.3, 0.4) is 0 Å². The molecule has 0 radical (unpaired) electrons. The topological polar surface area (TPSA) is 48.1 Å². The molecule has 1 saturated carbocycles. The number of anilines is 2. The molecule has 2 atom stereocenters. The summed E-state index contributed by atoms with van der Waals surface area (Å²) in [7, 11) is 0. The SMILES string of the molecule is Fc1cc(NC(=S)NC2CCCCC2NC(=S)Nc2cc(F)c(F)c(F)c2F)c(F)c(F)c1F. The summed E-state index contributed by atoms with van der Waals surface area (Å²) in [5.41, 5.74) is -1.44. The van der Waals surface area contributed by atoms with E-state index in [1.54, 1.807) is 0 Å². The van der Waals surface area contributed by atoms with Gasteiger partial charge in [0.2, 0.25) is 0 Å². The summed E-state index contributed by atoms with van der Waals surface area (Å²) in [5, 5.41) is 9.72. The number of nitrogens with one attached hydrogen (secondary N) is 4. The molecule has 0 heterocycles. The third-order valence-electron chi connectivity index (χ3n) is 5.10. The highest BCUT2D eigenvalue weighted by Crippen LogP contribution is 2.25. The zero-order valence-electron chi connectivity index (χ0n) is 17.0. The van der Waals surface area contributed by atoms with Crippen molar-refractivity contribution in [1.82, 2.24) is 10.6 Å². The van der Waals surface area contributed by atoms with Crippen molar-refractivity contribution < 1.29 is 35.1 Å². The summed E-state index contributed by atoms with van der Waals surface area (Å²) in [4.78, 5) is 0. The maximum atomic E-state index is 13.9. The minimum atomic E-state index is -2.00. The van der Waals surface area contributed by atoms with E-state index in [2.05, 4.69) is 21.3 Å². The van der Waals surface area contributed by atoms with Gasteiger partial charge >= 0.3 is 0 Å². The number of rotatable bonds is 4. The second-order valence-electron chi connectivity index (χ2n) is 7.39. The first-order valence-electron chi connectivity index (χ1n) is 9.80. The molecule has 1 fully saturated rings. The van der Waals surface area contributed by atoms with Crippen LogP contribution in [-0.2, 0) is 0 Å². The average molecular weight is 528 g/mol.